The van der Waals surface area contributed by atoms with Crippen LogP contribution in [0.4, 0.5) is 11.4 Å². The zero-order chi connectivity index (χ0) is 33.3. The van der Waals surface area contributed by atoms with Crippen LogP contribution in [0.1, 0.15) is 17.3 Å². The Kier molecular flexibility index (Phi) is 13.1. The minimum atomic E-state index is -1.11. The van der Waals surface area contributed by atoms with Gasteiger partial charge in [0, 0.05) is 16.9 Å². The van der Waals surface area contributed by atoms with Gasteiger partial charge in [-0.05, 0) is 143 Å². The second kappa shape index (κ2) is 16.5. The molecule has 0 spiro atoms. The van der Waals surface area contributed by atoms with Crippen LogP contribution in [-0.2, 0) is 9.59 Å². The summed E-state index contributed by atoms with van der Waals surface area (Å²) in [6, 6.07) is 19.3. The fourth-order valence-corrected chi connectivity index (χ4v) is 5.95. The third-order valence-corrected chi connectivity index (χ3v) is 7.87. The molecule has 11 nitrogen and oxygen atoms in total. The Hall–Kier alpha value is -3.79. The van der Waals surface area contributed by atoms with Gasteiger partial charge in [-0.1, -0.05) is 0 Å². The summed E-state index contributed by atoms with van der Waals surface area (Å²) < 4.78 is 19.0. The molecule has 15 heteroatoms. The number of rotatable bonds is 10. The summed E-state index contributed by atoms with van der Waals surface area (Å²) in [5, 5.41) is 19.8. The van der Waals surface area contributed by atoms with E-state index in [1.165, 1.54) is 6.92 Å². The lowest BCUT2D eigenvalue weighted by atomic mass is 10.2. The number of halogens is 4. The predicted octanol–water partition coefficient (Wildman–Crippen LogP) is 7.84. The van der Waals surface area contributed by atoms with Gasteiger partial charge in [-0.25, -0.2) is 4.79 Å². The topological polar surface area (TPSA) is 183 Å². The first kappa shape index (κ1) is 35.7. The van der Waals surface area contributed by atoms with Gasteiger partial charge < -0.3 is 41.2 Å². The van der Waals surface area contributed by atoms with E-state index in [4.69, 9.17) is 35.9 Å². The zero-order valence-corrected chi connectivity index (χ0v) is 29.6. The summed E-state index contributed by atoms with van der Waals surface area (Å²) in [6.07, 6.45) is 0. The van der Waals surface area contributed by atoms with Gasteiger partial charge in [-0.15, -0.1) is 0 Å². The first-order chi connectivity index (χ1) is 21.2. The van der Waals surface area contributed by atoms with E-state index in [1.807, 2.05) is 0 Å². The van der Waals surface area contributed by atoms with Crippen molar-refractivity contribution in [2.24, 2.45) is 0 Å². The number of carboxylic acids is 2. The van der Waals surface area contributed by atoms with Gasteiger partial charge >= 0.3 is 11.9 Å². The van der Waals surface area contributed by atoms with Crippen LogP contribution in [-0.4, -0.2) is 40.7 Å². The maximum Gasteiger partial charge on any atom is 0.341 e. The SMILES string of the molecule is CC(NC(=O)c1cc(Br)c(Oc2ccc(N)cc2)c(Br)c1)C(=O)O.Nc1ccc(Oc2c(Br)cc(OCC(=O)O)cc2Br)cc1. The van der Waals surface area contributed by atoms with Gasteiger partial charge in [0.1, 0.15) is 23.3 Å². The molecule has 4 aromatic rings. The van der Waals surface area contributed by atoms with Crippen molar-refractivity contribution >= 4 is 92.9 Å². The molecule has 0 aliphatic rings. The molecule has 0 aliphatic carbocycles. The normalized spacial score (nSPS) is 11.0. The van der Waals surface area contributed by atoms with E-state index in [2.05, 4.69) is 69.0 Å². The molecule has 1 unspecified atom stereocenters. The Morgan fingerprint density at radius 2 is 1.11 bits per heavy atom. The molecule has 0 radical (unpaired) electrons. The van der Waals surface area contributed by atoms with Crippen molar-refractivity contribution in [1.82, 2.24) is 5.32 Å². The zero-order valence-electron chi connectivity index (χ0n) is 23.2. The number of ether oxygens (including phenoxy) is 3. The van der Waals surface area contributed by atoms with Crippen molar-refractivity contribution in [3.63, 3.8) is 0 Å². The molecule has 0 aliphatic heterocycles. The van der Waals surface area contributed by atoms with Crippen molar-refractivity contribution in [2.75, 3.05) is 18.1 Å². The Bertz CT molecular complexity index is 1640. The van der Waals surface area contributed by atoms with Crippen LogP contribution in [0.15, 0.2) is 90.7 Å². The predicted molar refractivity (Wildman–Crippen MR) is 183 cm³/mol. The molecule has 0 saturated heterocycles. The van der Waals surface area contributed by atoms with E-state index < -0.39 is 30.5 Å². The van der Waals surface area contributed by atoms with Crippen LogP contribution in [0.3, 0.4) is 0 Å². The van der Waals surface area contributed by atoms with Gasteiger partial charge in [-0.2, -0.15) is 0 Å². The number of carbonyl (C=O) groups is 3. The Morgan fingerprint density at radius 1 is 0.711 bits per heavy atom. The average molecular weight is 875 g/mol. The fraction of sp³-hybridized carbons (Fsp3) is 0.100. The van der Waals surface area contributed by atoms with Crippen LogP contribution < -0.4 is 31.0 Å². The van der Waals surface area contributed by atoms with Crippen LogP contribution in [0.25, 0.3) is 0 Å². The molecule has 7 N–H and O–H groups in total. The van der Waals surface area contributed by atoms with Crippen LogP contribution in [0.2, 0.25) is 0 Å². The van der Waals surface area contributed by atoms with Crippen LogP contribution in [0.5, 0.6) is 28.7 Å². The fourth-order valence-electron chi connectivity index (χ4n) is 3.30. The van der Waals surface area contributed by atoms with E-state index in [0.717, 1.165) is 0 Å². The number of nitrogens with two attached hydrogens (primary N) is 2. The highest BCUT2D eigenvalue weighted by Gasteiger charge is 2.18. The molecule has 0 bridgehead atoms. The van der Waals surface area contributed by atoms with Gasteiger partial charge in [0.15, 0.2) is 18.1 Å². The molecule has 45 heavy (non-hydrogen) atoms. The standard InChI is InChI=1S/C16H14Br2N2O4.C14H11Br2NO4/c1-8(16(22)23)20-15(21)9-6-12(17)14(13(18)7-9)24-11-4-2-10(19)3-5-11;15-11-5-10(20-7-13(18)19)6-12(16)14(11)21-9-3-1-8(17)2-4-9/h2-8H,19H2,1H3,(H,20,21)(H,22,23);1-6H,7,17H2,(H,18,19). The molecular formula is C30H25Br4N3O8. The molecule has 0 saturated carbocycles. The summed E-state index contributed by atoms with van der Waals surface area (Å²) in [4.78, 5) is 33.4. The van der Waals surface area contributed by atoms with E-state index in [9.17, 15) is 14.4 Å². The van der Waals surface area contributed by atoms with Gasteiger partial charge in [0.2, 0.25) is 0 Å². The lowest BCUT2D eigenvalue weighted by molar-refractivity contribution is -0.140. The number of amides is 1. The summed E-state index contributed by atoms with van der Waals surface area (Å²) in [7, 11) is 0. The van der Waals surface area contributed by atoms with Crippen LogP contribution in [0, 0.1) is 0 Å². The molecular weight excluding hydrogens is 850 g/mol. The Balaban J connectivity index is 0.000000248. The van der Waals surface area contributed by atoms with Crippen molar-refractivity contribution in [3.05, 3.63) is 96.3 Å². The molecule has 4 rings (SSSR count). The highest BCUT2D eigenvalue weighted by molar-refractivity contribution is 9.11. The Labute approximate surface area is 291 Å². The summed E-state index contributed by atoms with van der Waals surface area (Å²) in [6.45, 7) is 0.986. The second-order valence-corrected chi connectivity index (χ2v) is 12.5. The first-order valence-corrected chi connectivity index (χ1v) is 15.8. The molecule has 236 valence electrons. The molecule has 0 aromatic heterocycles. The van der Waals surface area contributed by atoms with Crippen molar-refractivity contribution < 1.29 is 38.8 Å². The number of benzene rings is 4. The number of carbonyl (C=O) groups excluding carboxylic acids is 1. The smallest absolute Gasteiger partial charge is 0.341 e. The molecule has 1 atom stereocenters. The largest absolute Gasteiger partial charge is 0.482 e. The molecule has 0 fully saturated rings. The Morgan fingerprint density at radius 3 is 1.49 bits per heavy atom. The lowest BCUT2D eigenvalue weighted by Gasteiger charge is -2.13. The third kappa shape index (κ3) is 11.0. The number of nitrogens with one attached hydrogen (secondary N) is 1. The summed E-state index contributed by atoms with van der Waals surface area (Å²) in [5.41, 5.74) is 12.8. The average Bonchev–Trinajstić information content (AvgIpc) is 2.97. The first-order valence-electron chi connectivity index (χ1n) is 12.7. The van der Waals surface area contributed by atoms with E-state index >= 15 is 0 Å². The van der Waals surface area contributed by atoms with Crippen molar-refractivity contribution in [2.45, 2.75) is 13.0 Å². The number of nitrogen functional groups attached to an aromatic ring is 2. The van der Waals surface area contributed by atoms with Crippen LogP contribution >= 0.6 is 63.7 Å². The quantitative estimate of drug-likeness (QED) is 0.0985. The van der Waals surface area contributed by atoms with E-state index in [1.54, 1.807) is 72.8 Å². The van der Waals surface area contributed by atoms with Gasteiger partial charge in [-0.3, -0.25) is 9.59 Å². The minimum absolute atomic E-state index is 0.298. The third-order valence-electron chi connectivity index (χ3n) is 5.51. The molecule has 4 aromatic carbocycles. The second-order valence-electron chi connectivity index (χ2n) is 9.04. The van der Waals surface area contributed by atoms with E-state index in [-0.39, 0.29) is 0 Å². The van der Waals surface area contributed by atoms with Crippen molar-refractivity contribution in [3.8, 4) is 28.7 Å². The van der Waals surface area contributed by atoms with Crippen molar-refractivity contribution in [1.29, 1.82) is 0 Å². The maximum atomic E-state index is 12.1. The minimum Gasteiger partial charge on any atom is -0.482 e. The summed E-state index contributed by atoms with van der Waals surface area (Å²) >= 11 is 13.5. The highest BCUT2D eigenvalue weighted by atomic mass is 79.9. The number of hydrogen-bond acceptors (Lipinski definition) is 8. The molecule has 1 amide bonds. The monoisotopic (exact) mass is 871 g/mol. The maximum absolute atomic E-state index is 12.1. The summed E-state index contributed by atoms with van der Waals surface area (Å²) in [5.74, 6) is 0.0394. The van der Waals surface area contributed by atoms with Gasteiger partial charge in [0.25, 0.3) is 5.91 Å². The number of carboxylic acid groups (broad SMARTS) is 2. The number of hydrogen-bond donors (Lipinski definition) is 5. The molecule has 0 heterocycles. The lowest BCUT2D eigenvalue weighted by Crippen LogP contribution is -2.38. The van der Waals surface area contributed by atoms with E-state index in [0.29, 0.717) is 63.6 Å². The number of anilines is 2. The highest BCUT2D eigenvalue weighted by Crippen LogP contribution is 2.40. The number of aliphatic carboxylic acids is 2. The van der Waals surface area contributed by atoms with Gasteiger partial charge in [0.05, 0.1) is 17.9 Å².